The lowest BCUT2D eigenvalue weighted by molar-refractivity contribution is -0.113. The molecule has 48 valence electrons. The molecule has 3 N–H and O–H groups in total. The van der Waals surface area contributed by atoms with Gasteiger partial charge in [0.2, 0.25) is 0 Å². The predicted molar refractivity (Wildman–Crippen MR) is 37.1 cm³/mol. The molecule has 4 heteroatoms. The van der Waals surface area contributed by atoms with E-state index in [1.54, 1.807) is 18.4 Å². The molecule has 0 radical (unpaired) electrons. The Hall–Kier alpha value is -0.900. The maximum Gasteiger partial charge on any atom is 0.256 e. The van der Waals surface area contributed by atoms with Crippen molar-refractivity contribution in [1.29, 1.82) is 0 Å². The van der Waals surface area contributed by atoms with E-state index in [-0.39, 0.29) is 0 Å². The SMILES string of the molecule is NC(=O)C1=CC=CNS1. The lowest BCUT2D eigenvalue weighted by Gasteiger charge is -2.03. The number of nitrogens with one attached hydrogen (secondary N) is 1. The highest BCUT2D eigenvalue weighted by atomic mass is 32.2. The largest absolute Gasteiger partial charge is 0.365 e. The lowest BCUT2D eigenvalue weighted by atomic mass is 10.4. The Labute approximate surface area is 57.1 Å². The monoisotopic (exact) mass is 142 g/mol. The lowest BCUT2D eigenvalue weighted by Crippen LogP contribution is -2.14. The van der Waals surface area contributed by atoms with Gasteiger partial charge in [-0.2, -0.15) is 0 Å². The summed E-state index contributed by atoms with van der Waals surface area (Å²) in [6, 6.07) is 0. The number of hydrogen-bond donors (Lipinski definition) is 2. The zero-order valence-electron chi connectivity index (χ0n) is 4.63. The Morgan fingerprint density at radius 2 is 2.56 bits per heavy atom. The highest BCUT2D eigenvalue weighted by Gasteiger charge is 2.04. The number of primary amides is 1. The van der Waals surface area contributed by atoms with Crippen molar-refractivity contribution in [3.8, 4) is 0 Å². The van der Waals surface area contributed by atoms with Crippen molar-refractivity contribution in [1.82, 2.24) is 4.72 Å². The molecule has 9 heavy (non-hydrogen) atoms. The number of carbonyl (C=O) groups excluding carboxylic acids is 1. The average molecular weight is 142 g/mol. The summed E-state index contributed by atoms with van der Waals surface area (Å²) < 4.78 is 2.78. The fourth-order valence-corrected chi connectivity index (χ4v) is 0.960. The third kappa shape index (κ3) is 1.50. The van der Waals surface area contributed by atoms with Gasteiger partial charge >= 0.3 is 0 Å². The summed E-state index contributed by atoms with van der Waals surface area (Å²) in [5.41, 5.74) is 4.97. The van der Waals surface area contributed by atoms with Crippen LogP contribution in [0.4, 0.5) is 0 Å². The predicted octanol–water partition coefficient (Wildman–Crippen LogP) is 0.121. The van der Waals surface area contributed by atoms with E-state index >= 15 is 0 Å². The quantitative estimate of drug-likeness (QED) is 0.511. The second-order valence-electron chi connectivity index (χ2n) is 1.47. The van der Waals surface area contributed by atoms with Gasteiger partial charge in [0, 0.05) is 6.20 Å². The Morgan fingerprint density at radius 1 is 1.78 bits per heavy atom. The minimum absolute atomic E-state index is 0.392. The second-order valence-corrected chi connectivity index (χ2v) is 2.35. The molecule has 1 aliphatic rings. The van der Waals surface area contributed by atoms with Crippen LogP contribution >= 0.6 is 11.9 Å². The van der Waals surface area contributed by atoms with Crippen molar-refractivity contribution < 1.29 is 4.79 Å². The van der Waals surface area contributed by atoms with E-state index in [0.29, 0.717) is 4.91 Å². The molecule has 0 spiro atoms. The molecular formula is C5H6N2OS. The fourth-order valence-electron chi connectivity index (χ4n) is 0.439. The molecule has 0 aromatic heterocycles. The topological polar surface area (TPSA) is 55.1 Å². The van der Waals surface area contributed by atoms with E-state index in [2.05, 4.69) is 4.72 Å². The van der Waals surface area contributed by atoms with Crippen molar-refractivity contribution >= 4 is 17.9 Å². The highest BCUT2D eigenvalue weighted by Crippen LogP contribution is 2.13. The van der Waals surface area contributed by atoms with E-state index in [4.69, 9.17) is 5.73 Å². The zero-order chi connectivity index (χ0) is 6.69. The third-order valence-electron chi connectivity index (χ3n) is 0.824. The minimum atomic E-state index is -0.392. The van der Waals surface area contributed by atoms with Gasteiger partial charge in [-0.25, -0.2) is 0 Å². The van der Waals surface area contributed by atoms with Crippen molar-refractivity contribution in [2.24, 2.45) is 5.73 Å². The Kier molecular flexibility index (Phi) is 1.79. The van der Waals surface area contributed by atoms with Gasteiger partial charge in [0.1, 0.15) is 0 Å². The normalized spacial score (nSPS) is 16.2. The van der Waals surface area contributed by atoms with Crippen LogP contribution in [0.2, 0.25) is 0 Å². The third-order valence-corrected chi connectivity index (χ3v) is 1.63. The van der Waals surface area contributed by atoms with E-state index < -0.39 is 5.91 Å². The number of allylic oxidation sites excluding steroid dienone is 2. The van der Waals surface area contributed by atoms with Crippen LogP contribution in [0.15, 0.2) is 23.3 Å². The Bertz CT molecular complexity index is 185. The van der Waals surface area contributed by atoms with Crippen LogP contribution in [0.3, 0.4) is 0 Å². The van der Waals surface area contributed by atoms with Gasteiger partial charge in [0.05, 0.1) is 4.91 Å². The van der Waals surface area contributed by atoms with Crippen LogP contribution in [-0.4, -0.2) is 5.91 Å². The fraction of sp³-hybridized carbons (Fsp3) is 0. The molecule has 1 aliphatic heterocycles. The van der Waals surface area contributed by atoms with Gasteiger partial charge in [-0.15, -0.1) is 0 Å². The molecule has 0 aliphatic carbocycles. The van der Waals surface area contributed by atoms with Crippen molar-refractivity contribution in [3.63, 3.8) is 0 Å². The van der Waals surface area contributed by atoms with Gasteiger partial charge in [-0.3, -0.25) is 4.79 Å². The summed E-state index contributed by atoms with van der Waals surface area (Å²) in [5.74, 6) is -0.392. The molecule has 0 aromatic carbocycles. The first-order chi connectivity index (χ1) is 4.30. The first-order valence-electron chi connectivity index (χ1n) is 2.40. The van der Waals surface area contributed by atoms with Crippen LogP contribution in [0.5, 0.6) is 0 Å². The van der Waals surface area contributed by atoms with Crippen molar-refractivity contribution in [3.05, 3.63) is 23.3 Å². The minimum Gasteiger partial charge on any atom is -0.365 e. The van der Waals surface area contributed by atoms with Gasteiger partial charge in [-0.1, -0.05) is 0 Å². The number of rotatable bonds is 1. The average Bonchev–Trinajstić information content (AvgIpc) is 1.90. The van der Waals surface area contributed by atoms with E-state index in [9.17, 15) is 4.79 Å². The summed E-state index contributed by atoms with van der Waals surface area (Å²) in [7, 11) is 0. The molecular weight excluding hydrogens is 136 g/mol. The number of carbonyl (C=O) groups is 1. The van der Waals surface area contributed by atoms with Gasteiger partial charge in [0.25, 0.3) is 5.91 Å². The van der Waals surface area contributed by atoms with Crippen LogP contribution < -0.4 is 10.5 Å². The number of amides is 1. The molecule has 0 unspecified atom stereocenters. The van der Waals surface area contributed by atoms with Crippen molar-refractivity contribution in [2.75, 3.05) is 0 Å². The Morgan fingerprint density at radius 3 is 2.89 bits per heavy atom. The van der Waals surface area contributed by atoms with E-state index in [0.717, 1.165) is 0 Å². The molecule has 0 saturated heterocycles. The number of hydrogen-bond acceptors (Lipinski definition) is 3. The first kappa shape index (κ1) is 6.22. The molecule has 3 nitrogen and oxygen atoms in total. The first-order valence-corrected chi connectivity index (χ1v) is 3.21. The summed E-state index contributed by atoms with van der Waals surface area (Å²) in [4.78, 5) is 11.0. The van der Waals surface area contributed by atoms with E-state index in [1.165, 1.54) is 11.9 Å². The smallest absolute Gasteiger partial charge is 0.256 e. The molecule has 1 heterocycles. The second kappa shape index (κ2) is 2.59. The number of nitrogens with two attached hydrogens (primary N) is 1. The molecule has 0 bridgehead atoms. The van der Waals surface area contributed by atoms with Gasteiger partial charge < -0.3 is 10.5 Å². The summed E-state index contributed by atoms with van der Waals surface area (Å²) in [6.45, 7) is 0. The molecule has 0 saturated carbocycles. The van der Waals surface area contributed by atoms with Crippen LogP contribution in [0.25, 0.3) is 0 Å². The van der Waals surface area contributed by atoms with E-state index in [1.807, 2.05) is 0 Å². The summed E-state index contributed by atoms with van der Waals surface area (Å²) >= 11 is 1.22. The summed E-state index contributed by atoms with van der Waals surface area (Å²) in [6.07, 6.45) is 5.14. The Balaban J connectivity index is 2.68. The molecule has 0 fully saturated rings. The van der Waals surface area contributed by atoms with Crippen LogP contribution in [0, 0.1) is 0 Å². The molecule has 0 atom stereocenters. The van der Waals surface area contributed by atoms with Crippen LogP contribution in [0.1, 0.15) is 0 Å². The molecule has 0 aromatic rings. The summed E-state index contributed by atoms with van der Waals surface area (Å²) in [5, 5.41) is 0. The maximum atomic E-state index is 10.4. The zero-order valence-corrected chi connectivity index (χ0v) is 5.44. The maximum absolute atomic E-state index is 10.4. The molecule has 1 amide bonds. The van der Waals surface area contributed by atoms with Gasteiger partial charge in [-0.05, 0) is 24.1 Å². The van der Waals surface area contributed by atoms with Crippen LogP contribution in [-0.2, 0) is 4.79 Å². The standard InChI is InChI=1S/C5H6N2OS/c6-5(8)4-2-1-3-7-9-4/h1-3,7H,(H2,6,8). The highest BCUT2D eigenvalue weighted by molar-refractivity contribution is 8.02. The van der Waals surface area contributed by atoms with Crippen molar-refractivity contribution in [2.45, 2.75) is 0 Å². The molecule has 1 rings (SSSR count). The van der Waals surface area contributed by atoms with Gasteiger partial charge in [0.15, 0.2) is 0 Å².